The van der Waals surface area contributed by atoms with E-state index in [1.54, 1.807) is 0 Å². The Morgan fingerprint density at radius 2 is 1.66 bits per heavy atom. The van der Waals surface area contributed by atoms with Gasteiger partial charge in [0.05, 0.1) is 23.4 Å². The second-order valence-electron chi connectivity index (χ2n) is 8.11. The molecule has 0 saturated carbocycles. The normalized spacial score (nSPS) is 19.6. The van der Waals surface area contributed by atoms with Crippen LogP contribution in [0, 0.1) is 0 Å². The molecule has 4 rings (SSSR count). The van der Waals surface area contributed by atoms with Crippen molar-refractivity contribution >= 4 is 34.8 Å². The number of amidine groups is 1. The average Bonchev–Trinajstić information content (AvgIpc) is 3.24. The first-order chi connectivity index (χ1) is 15.5. The zero-order chi connectivity index (χ0) is 22.6. The monoisotopic (exact) mass is 450 g/mol. The molecule has 2 aromatic carbocycles. The maximum Gasteiger partial charge on any atom is 0.222 e. The first-order valence-electron chi connectivity index (χ1n) is 10.6. The molecule has 1 atom stereocenters. The first-order valence-corrected chi connectivity index (χ1v) is 11.0. The van der Waals surface area contributed by atoms with Crippen molar-refractivity contribution in [1.29, 1.82) is 0 Å². The fourth-order valence-electron chi connectivity index (χ4n) is 3.91. The van der Waals surface area contributed by atoms with Gasteiger partial charge in [-0.3, -0.25) is 15.6 Å². The Hall–Kier alpha value is -3.16. The van der Waals surface area contributed by atoms with Crippen LogP contribution in [0.1, 0.15) is 24.0 Å². The third-order valence-electron chi connectivity index (χ3n) is 5.43. The summed E-state index contributed by atoms with van der Waals surface area (Å²) in [4.78, 5) is 13.9. The van der Waals surface area contributed by atoms with Crippen molar-refractivity contribution in [2.75, 3.05) is 27.2 Å². The predicted molar refractivity (Wildman–Crippen MR) is 129 cm³/mol. The average molecular weight is 451 g/mol. The van der Waals surface area contributed by atoms with Crippen LogP contribution in [0.15, 0.2) is 76.4 Å². The van der Waals surface area contributed by atoms with E-state index in [0.717, 1.165) is 35.4 Å². The molecule has 166 valence electrons. The second-order valence-corrected chi connectivity index (χ2v) is 8.76. The van der Waals surface area contributed by atoms with E-state index >= 15 is 0 Å². The molecule has 8 heteroatoms. The number of fused-ring (bicyclic) bond motifs is 1. The highest BCUT2D eigenvalue weighted by atomic mass is 35.5. The fourth-order valence-corrected chi connectivity index (χ4v) is 4.36. The molecule has 2 aliphatic rings. The van der Waals surface area contributed by atoms with Gasteiger partial charge >= 0.3 is 0 Å². The summed E-state index contributed by atoms with van der Waals surface area (Å²) in [5.74, 6) is 0.398. The van der Waals surface area contributed by atoms with Crippen molar-refractivity contribution in [2.45, 2.75) is 17.7 Å². The largest absolute Gasteiger partial charge is 0.356 e. The zero-order valence-corrected chi connectivity index (χ0v) is 19.0. The van der Waals surface area contributed by atoms with Gasteiger partial charge in [-0.2, -0.15) is 5.10 Å². The van der Waals surface area contributed by atoms with Gasteiger partial charge < -0.3 is 10.2 Å². The topological polar surface area (TPSA) is 81.1 Å². The lowest BCUT2D eigenvalue weighted by Crippen LogP contribution is -2.46. The Kier molecular flexibility index (Phi) is 6.58. The highest BCUT2D eigenvalue weighted by Crippen LogP contribution is 2.41. The van der Waals surface area contributed by atoms with Crippen molar-refractivity contribution in [3.05, 3.63) is 77.4 Å². The molecule has 1 unspecified atom stereocenters. The first kappa shape index (κ1) is 22.0. The van der Waals surface area contributed by atoms with Crippen LogP contribution in [0.3, 0.4) is 0 Å². The lowest BCUT2D eigenvalue weighted by Gasteiger charge is -2.32. The van der Waals surface area contributed by atoms with Gasteiger partial charge in [-0.25, -0.2) is 0 Å². The molecule has 2 aromatic rings. The van der Waals surface area contributed by atoms with Crippen LogP contribution in [0.25, 0.3) is 5.70 Å². The summed E-state index contributed by atoms with van der Waals surface area (Å²) in [6.07, 6.45) is 0.903. The van der Waals surface area contributed by atoms with Gasteiger partial charge in [0, 0.05) is 12.1 Å². The molecule has 2 aliphatic heterocycles. The summed E-state index contributed by atoms with van der Waals surface area (Å²) in [5, 5.41) is 11.8. The summed E-state index contributed by atoms with van der Waals surface area (Å²) < 4.78 is 0. The van der Waals surface area contributed by atoms with Gasteiger partial charge in [-0.1, -0.05) is 60.7 Å². The van der Waals surface area contributed by atoms with Crippen LogP contribution in [0.5, 0.6) is 0 Å². The van der Waals surface area contributed by atoms with E-state index in [-0.39, 0.29) is 12.3 Å². The van der Waals surface area contributed by atoms with Gasteiger partial charge in [-0.15, -0.1) is 16.7 Å². The number of carbonyl (C=O) groups is 1. The molecule has 0 aliphatic carbocycles. The molecular weight excluding hydrogens is 424 g/mol. The molecule has 0 saturated heterocycles. The molecule has 0 radical (unpaired) electrons. The molecule has 1 amide bonds. The van der Waals surface area contributed by atoms with Crippen molar-refractivity contribution in [2.24, 2.45) is 10.2 Å². The molecular formula is C24H27ClN6O. The van der Waals surface area contributed by atoms with E-state index in [9.17, 15) is 4.79 Å². The number of halogens is 1. The number of hydrogen-bond donors (Lipinski definition) is 3. The number of hydrazine groups is 1. The molecule has 0 bridgehead atoms. The highest BCUT2D eigenvalue weighted by Gasteiger charge is 2.48. The van der Waals surface area contributed by atoms with Gasteiger partial charge in [0.1, 0.15) is 4.87 Å². The van der Waals surface area contributed by atoms with Crippen molar-refractivity contribution in [3.8, 4) is 0 Å². The van der Waals surface area contributed by atoms with E-state index in [4.69, 9.17) is 11.6 Å². The summed E-state index contributed by atoms with van der Waals surface area (Å²) in [5.41, 5.74) is 10.1. The van der Waals surface area contributed by atoms with Crippen LogP contribution in [-0.2, 0) is 4.79 Å². The number of carbonyl (C=O) groups excluding carboxylic acids is 1. The van der Waals surface area contributed by atoms with Crippen LogP contribution in [0.4, 0.5) is 0 Å². The molecule has 2 heterocycles. The van der Waals surface area contributed by atoms with E-state index in [1.165, 1.54) is 0 Å². The van der Waals surface area contributed by atoms with E-state index in [2.05, 4.69) is 31.3 Å². The van der Waals surface area contributed by atoms with Crippen LogP contribution < -0.4 is 16.2 Å². The Bertz CT molecular complexity index is 1060. The Morgan fingerprint density at radius 1 is 1.00 bits per heavy atom. The van der Waals surface area contributed by atoms with Crippen molar-refractivity contribution in [3.63, 3.8) is 0 Å². The van der Waals surface area contributed by atoms with Crippen LogP contribution in [-0.4, -0.2) is 54.4 Å². The van der Waals surface area contributed by atoms with Gasteiger partial charge in [-0.05, 0) is 32.6 Å². The fraction of sp³-hybridized carbons (Fsp3) is 0.292. The van der Waals surface area contributed by atoms with Gasteiger partial charge in [0.2, 0.25) is 5.91 Å². The molecule has 0 aromatic heterocycles. The quantitative estimate of drug-likeness (QED) is 0.426. The summed E-state index contributed by atoms with van der Waals surface area (Å²) in [6, 6.07) is 19.5. The third kappa shape index (κ3) is 4.54. The molecule has 3 N–H and O–H groups in total. The number of nitrogens with zero attached hydrogens (tertiary/aromatic N) is 3. The summed E-state index contributed by atoms with van der Waals surface area (Å²) in [6.45, 7) is 1.49. The number of amides is 1. The lowest BCUT2D eigenvalue weighted by atomic mass is 9.82. The van der Waals surface area contributed by atoms with Gasteiger partial charge in [0.25, 0.3) is 0 Å². The number of alkyl halides is 1. The standard InChI is InChI=1S/C24H27ClN6O/c1-31(2)15-9-14-26-19(32)16-24(25)20-21(17-10-5-3-6-11-17)27-29-23(20)30-28-22(24)18-12-7-4-8-13-18/h3-8,10-13H,9,14-16H2,1-2H3,(H,26,32)(H2,27,29,30). The minimum absolute atomic E-state index is 0.0400. The third-order valence-corrected chi connectivity index (χ3v) is 5.93. The minimum atomic E-state index is -1.19. The van der Waals surface area contributed by atoms with Crippen molar-refractivity contribution < 1.29 is 4.79 Å². The van der Waals surface area contributed by atoms with E-state index in [0.29, 0.717) is 18.1 Å². The molecule has 32 heavy (non-hydrogen) atoms. The molecule has 7 nitrogen and oxygen atoms in total. The predicted octanol–water partition coefficient (Wildman–Crippen LogP) is 2.76. The Labute approximate surface area is 193 Å². The number of rotatable bonds is 8. The van der Waals surface area contributed by atoms with Crippen molar-refractivity contribution in [1.82, 2.24) is 21.1 Å². The zero-order valence-electron chi connectivity index (χ0n) is 18.2. The van der Waals surface area contributed by atoms with Crippen LogP contribution >= 0.6 is 11.6 Å². The molecule has 0 spiro atoms. The Balaban J connectivity index is 1.70. The number of benzene rings is 2. The number of hydrogen-bond acceptors (Lipinski definition) is 6. The molecule has 0 fully saturated rings. The Morgan fingerprint density at radius 3 is 2.31 bits per heavy atom. The summed E-state index contributed by atoms with van der Waals surface area (Å²) >= 11 is 7.36. The smallest absolute Gasteiger partial charge is 0.222 e. The lowest BCUT2D eigenvalue weighted by molar-refractivity contribution is -0.121. The SMILES string of the molecule is CN(C)CCCNC(=O)CC1(Cl)C(c2ccccc2)=NN=C2NNC(c3ccccc3)=C21. The van der Waals surface area contributed by atoms with E-state index < -0.39 is 4.87 Å². The van der Waals surface area contributed by atoms with E-state index in [1.807, 2.05) is 74.8 Å². The van der Waals surface area contributed by atoms with Crippen LogP contribution in [0.2, 0.25) is 0 Å². The minimum Gasteiger partial charge on any atom is -0.356 e. The van der Waals surface area contributed by atoms with Gasteiger partial charge in [0.15, 0.2) is 5.84 Å². The number of nitrogens with one attached hydrogen (secondary N) is 3. The second kappa shape index (κ2) is 9.54. The highest BCUT2D eigenvalue weighted by molar-refractivity contribution is 6.47. The summed E-state index contributed by atoms with van der Waals surface area (Å²) in [7, 11) is 4.03. The maximum absolute atomic E-state index is 13.0. The maximum atomic E-state index is 13.0.